The minimum absolute atomic E-state index is 0.132. The Hall–Kier alpha value is -2.09. The monoisotopic (exact) mass is 312 g/mol. The molecular weight excluding hydrogens is 296 g/mol. The number of rotatable bonds is 4. The van der Waals surface area contributed by atoms with Crippen LogP contribution in [0.2, 0.25) is 0 Å². The molecule has 21 heavy (non-hydrogen) atoms. The van der Waals surface area contributed by atoms with Crippen LogP contribution in [0, 0.1) is 6.92 Å². The fourth-order valence-electron chi connectivity index (χ4n) is 2.24. The average molecular weight is 312 g/mol. The summed E-state index contributed by atoms with van der Waals surface area (Å²) in [7, 11) is -3.26. The lowest BCUT2D eigenvalue weighted by Gasteiger charge is -2.18. The van der Waals surface area contributed by atoms with Gasteiger partial charge in [0.15, 0.2) is 0 Å². The second-order valence-corrected chi connectivity index (χ2v) is 6.83. The van der Waals surface area contributed by atoms with E-state index in [1.54, 1.807) is 19.1 Å². The number of carboxylic acids is 1. The number of carbonyl (C=O) groups excluding carboxylic acids is 1. The van der Waals surface area contributed by atoms with Crippen molar-refractivity contribution in [3.05, 3.63) is 29.3 Å². The first kappa shape index (κ1) is 15.3. The Morgan fingerprint density at radius 3 is 2.62 bits per heavy atom. The van der Waals surface area contributed by atoms with E-state index in [-0.39, 0.29) is 5.75 Å². The largest absolute Gasteiger partial charge is 0.480 e. The first-order valence-electron chi connectivity index (χ1n) is 6.42. The van der Waals surface area contributed by atoms with Gasteiger partial charge < -0.3 is 10.4 Å². The molecule has 2 N–H and O–H groups in total. The van der Waals surface area contributed by atoms with E-state index < -0.39 is 28.4 Å². The molecular formula is C13H16N2O5S. The Labute approximate surface area is 122 Å². The van der Waals surface area contributed by atoms with E-state index in [0.717, 1.165) is 0 Å². The molecule has 0 radical (unpaired) electrons. The third-order valence-corrected chi connectivity index (χ3v) is 5.11. The van der Waals surface area contributed by atoms with Crippen LogP contribution in [-0.2, 0) is 14.8 Å². The molecule has 114 valence electrons. The number of sulfonamides is 1. The number of anilines is 1. The highest BCUT2D eigenvalue weighted by Gasteiger charge is 2.28. The van der Waals surface area contributed by atoms with Crippen molar-refractivity contribution in [1.82, 2.24) is 5.32 Å². The lowest BCUT2D eigenvalue weighted by Crippen LogP contribution is -2.30. The van der Waals surface area contributed by atoms with E-state index in [9.17, 15) is 18.0 Å². The number of carboxylic acid groups (broad SMARTS) is 1. The van der Waals surface area contributed by atoms with Gasteiger partial charge in [0, 0.05) is 12.1 Å². The van der Waals surface area contributed by atoms with Crippen molar-refractivity contribution in [2.45, 2.75) is 13.3 Å². The van der Waals surface area contributed by atoms with E-state index in [2.05, 4.69) is 5.32 Å². The Morgan fingerprint density at radius 1 is 1.38 bits per heavy atom. The minimum atomic E-state index is -3.26. The maximum Gasteiger partial charge on any atom is 0.322 e. The zero-order chi connectivity index (χ0) is 15.6. The quantitative estimate of drug-likeness (QED) is 0.835. The van der Waals surface area contributed by atoms with Crippen molar-refractivity contribution >= 4 is 27.6 Å². The molecule has 0 aliphatic carbocycles. The van der Waals surface area contributed by atoms with Crippen LogP contribution < -0.4 is 9.62 Å². The number of hydrogen-bond acceptors (Lipinski definition) is 4. The van der Waals surface area contributed by atoms with Gasteiger partial charge in [-0.25, -0.2) is 8.42 Å². The summed E-state index contributed by atoms with van der Waals surface area (Å²) in [5.74, 6) is -1.49. The highest BCUT2D eigenvalue weighted by Crippen LogP contribution is 2.26. The van der Waals surface area contributed by atoms with Gasteiger partial charge in [0.2, 0.25) is 10.0 Å². The maximum atomic E-state index is 11.9. The predicted molar refractivity (Wildman–Crippen MR) is 76.9 cm³/mol. The minimum Gasteiger partial charge on any atom is -0.480 e. The number of nitrogens with one attached hydrogen (secondary N) is 1. The zero-order valence-corrected chi connectivity index (χ0v) is 12.3. The molecule has 1 aromatic rings. The van der Waals surface area contributed by atoms with Gasteiger partial charge in [-0.15, -0.1) is 0 Å². The van der Waals surface area contributed by atoms with E-state index in [4.69, 9.17) is 5.11 Å². The highest BCUT2D eigenvalue weighted by molar-refractivity contribution is 7.93. The molecule has 2 rings (SSSR count). The number of aliphatic carboxylic acids is 1. The predicted octanol–water partition coefficient (Wildman–Crippen LogP) is 0.349. The second kappa shape index (κ2) is 5.72. The zero-order valence-electron chi connectivity index (χ0n) is 11.5. The first-order valence-corrected chi connectivity index (χ1v) is 8.03. The van der Waals surface area contributed by atoms with Gasteiger partial charge in [-0.1, -0.05) is 0 Å². The summed E-state index contributed by atoms with van der Waals surface area (Å²) in [6.45, 7) is 1.66. The summed E-state index contributed by atoms with van der Waals surface area (Å²) < 4.78 is 25.0. The molecule has 1 saturated heterocycles. The Balaban J connectivity index is 2.22. The smallest absolute Gasteiger partial charge is 0.322 e. The summed E-state index contributed by atoms with van der Waals surface area (Å²) in [5, 5.41) is 10.8. The molecule has 0 atom stereocenters. The number of hydrogen-bond donors (Lipinski definition) is 2. The Morgan fingerprint density at radius 2 is 2.10 bits per heavy atom. The molecule has 1 aliphatic heterocycles. The van der Waals surface area contributed by atoms with Gasteiger partial charge in [-0.2, -0.15) is 0 Å². The van der Waals surface area contributed by atoms with Gasteiger partial charge in [0.1, 0.15) is 6.54 Å². The second-order valence-electron chi connectivity index (χ2n) is 4.82. The molecule has 0 saturated carbocycles. The molecule has 0 bridgehead atoms. The number of carbonyl (C=O) groups is 2. The highest BCUT2D eigenvalue weighted by atomic mass is 32.2. The van der Waals surface area contributed by atoms with Gasteiger partial charge in [-0.05, 0) is 37.1 Å². The molecule has 1 fully saturated rings. The average Bonchev–Trinajstić information content (AvgIpc) is 2.75. The lowest BCUT2D eigenvalue weighted by molar-refractivity contribution is -0.135. The van der Waals surface area contributed by atoms with Crippen molar-refractivity contribution in [2.24, 2.45) is 0 Å². The van der Waals surface area contributed by atoms with Crippen LogP contribution >= 0.6 is 0 Å². The van der Waals surface area contributed by atoms with Gasteiger partial charge in [0.05, 0.1) is 11.4 Å². The molecule has 1 aliphatic rings. The summed E-state index contributed by atoms with van der Waals surface area (Å²) >= 11 is 0. The number of amides is 1. The van der Waals surface area contributed by atoms with Gasteiger partial charge in [0.25, 0.3) is 5.91 Å². The van der Waals surface area contributed by atoms with Crippen LogP contribution in [0.4, 0.5) is 5.69 Å². The molecule has 0 unspecified atom stereocenters. The van der Waals surface area contributed by atoms with Crippen LogP contribution in [-0.4, -0.2) is 44.2 Å². The first-order chi connectivity index (χ1) is 9.81. The number of benzene rings is 1. The molecule has 1 aromatic carbocycles. The van der Waals surface area contributed by atoms with E-state index >= 15 is 0 Å². The summed E-state index contributed by atoms with van der Waals surface area (Å²) in [6.07, 6.45) is 0.586. The molecule has 1 heterocycles. The van der Waals surface area contributed by atoms with Crippen LogP contribution in [0.25, 0.3) is 0 Å². The van der Waals surface area contributed by atoms with Crippen LogP contribution in [0.1, 0.15) is 22.3 Å². The standard InChI is InChI=1S/C13H16N2O5S/c1-9-7-10(15-5-2-6-21(15,19)20)3-4-11(9)13(18)14-8-12(16)17/h3-4,7H,2,5-6,8H2,1H3,(H,14,18)(H,16,17). The maximum absolute atomic E-state index is 11.9. The lowest BCUT2D eigenvalue weighted by atomic mass is 10.1. The Kier molecular flexibility index (Phi) is 4.17. The molecule has 8 heteroatoms. The fraction of sp³-hybridized carbons (Fsp3) is 0.385. The van der Waals surface area contributed by atoms with E-state index in [1.165, 1.54) is 10.4 Å². The van der Waals surface area contributed by atoms with Crippen molar-refractivity contribution in [1.29, 1.82) is 0 Å². The molecule has 0 spiro atoms. The van der Waals surface area contributed by atoms with Crippen molar-refractivity contribution < 1.29 is 23.1 Å². The van der Waals surface area contributed by atoms with E-state index in [0.29, 0.717) is 29.8 Å². The number of nitrogens with zero attached hydrogens (tertiary/aromatic N) is 1. The molecule has 7 nitrogen and oxygen atoms in total. The van der Waals surface area contributed by atoms with Crippen molar-refractivity contribution in [2.75, 3.05) is 23.1 Å². The van der Waals surface area contributed by atoms with Crippen LogP contribution in [0.5, 0.6) is 0 Å². The fourth-order valence-corrected chi connectivity index (χ4v) is 3.79. The van der Waals surface area contributed by atoms with Crippen molar-refractivity contribution in [3.63, 3.8) is 0 Å². The SMILES string of the molecule is Cc1cc(N2CCCS2(=O)=O)ccc1C(=O)NCC(=O)O. The third kappa shape index (κ3) is 3.33. The topological polar surface area (TPSA) is 104 Å². The molecule has 1 amide bonds. The summed E-state index contributed by atoms with van der Waals surface area (Å²) in [4.78, 5) is 22.3. The summed E-state index contributed by atoms with van der Waals surface area (Å²) in [5.41, 5.74) is 1.45. The van der Waals surface area contributed by atoms with Crippen molar-refractivity contribution in [3.8, 4) is 0 Å². The van der Waals surface area contributed by atoms with Crippen LogP contribution in [0.3, 0.4) is 0 Å². The van der Waals surface area contributed by atoms with Gasteiger partial charge >= 0.3 is 5.97 Å². The molecule has 0 aromatic heterocycles. The summed E-state index contributed by atoms with van der Waals surface area (Å²) in [6, 6.07) is 4.69. The van der Waals surface area contributed by atoms with Gasteiger partial charge in [-0.3, -0.25) is 13.9 Å². The van der Waals surface area contributed by atoms with Crippen LogP contribution in [0.15, 0.2) is 18.2 Å². The third-order valence-electron chi connectivity index (χ3n) is 3.24. The Bertz CT molecular complexity index is 684. The van der Waals surface area contributed by atoms with E-state index in [1.807, 2.05) is 0 Å². The normalized spacial score (nSPS) is 16.7. The number of aryl methyl sites for hydroxylation is 1.